The summed E-state index contributed by atoms with van der Waals surface area (Å²) in [6.07, 6.45) is 6.90. The number of benzene rings is 1. The minimum atomic E-state index is 0.376. The monoisotopic (exact) mass is 336 g/mol. The van der Waals surface area contributed by atoms with Crippen LogP contribution in [0.5, 0.6) is 0 Å². The van der Waals surface area contributed by atoms with E-state index < -0.39 is 0 Å². The summed E-state index contributed by atoms with van der Waals surface area (Å²) in [6, 6.07) is 11.3. The molecule has 1 rings (SSSR count). The summed E-state index contributed by atoms with van der Waals surface area (Å²) < 4.78 is 10.7. The van der Waals surface area contributed by atoms with Gasteiger partial charge >= 0.3 is 6.02 Å². The predicted octanol–water partition coefficient (Wildman–Crippen LogP) is 0.826. The second-order valence-electron chi connectivity index (χ2n) is 6.01. The Morgan fingerprint density at radius 3 is 2.54 bits per heavy atom. The molecule has 0 aromatic heterocycles. The zero-order valence-corrected chi connectivity index (χ0v) is 15.2. The Morgan fingerprint density at radius 1 is 1.12 bits per heavy atom. The molecule has 1 aromatic carbocycles. The van der Waals surface area contributed by atoms with Crippen LogP contribution in [0.1, 0.15) is 37.7 Å². The van der Waals surface area contributed by atoms with Gasteiger partial charge in [-0.2, -0.15) is 0 Å². The molecule has 0 heterocycles. The fourth-order valence-corrected chi connectivity index (χ4v) is 2.51. The molecular weight excluding hydrogens is 302 g/mol. The fourth-order valence-electron chi connectivity index (χ4n) is 2.51. The van der Waals surface area contributed by atoms with Crippen LogP contribution in [-0.2, 0) is 15.9 Å². The minimum Gasteiger partial charge on any atom is -0.435 e. The van der Waals surface area contributed by atoms with Crippen molar-refractivity contribution in [2.45, 2.75) is 44.6 Å². The normalized spacial score (nSPS) is 13.0. The second kappa shape index (κ2) is 13.8. The predicted molar refractivity (Wildman–Crippen MR) is 98.9 cm³/mol. The van der Waals surface area contributed by atoms with Crippen LogP contribution < -0.4 is 16.0 Å². The average Bonchev–Trinajstić information content (AvgIpc) is 2.62. The summed E-state index contributed by atoms with van der Waals surface area (Å²) in [6.45, 7) is 2.48. The molecule has 0 saturated carbocycles. The number of likely N-dealkylation sites (N-methyl/N-ethyl adjacent to an activating group) is 1. The molecule has 5 nitrogen and oxygen atoms in total. The Morgan fingerprint density at radius 2 is 1.83 bits per heavy atom. The molecule has 24 heavy (non-hydrogen) atoms. The standard InChI is InChI=1S/C19H33N3O2/c1-21-18(15-17-11-7-6-8-12-17)16-24-14-10-5-3-4-9-13-22-19(20)23-2/h6-8,11-12,18,21H,3-5,9-10,13-16H2,1-2H3,(H2,20,22)/p+1. The van der Waals surface area contributed by atoms with Crippen LogP contribution in [0.25, 0.3) is 0 Å². The number of hydrogen-bond donors (Lipinski definition) is 3. The van der Waals surface area contributed by atoms with Crippen LogP contribution >= 0.6 is 0 Å². The molecule has 0 saturated heterocycles. The SMILES string of the molecule is CNC(COCCCCCCC[NH+]=C(N)OC)Cc1ccccc1. The Balaban J connectivity index is 1.97. The topological polar surface area (TPSA) is 70.5 Å². The van der Waals surface area contributed by atoms with Crippen molar-refractivity contribution in [3.63, 3.8) is 0 Å². The number of ether oxygens (including phenoxy) is 2. The number of unbranched alkanes of at least 4 members (excludes halogenated alkanes) is 4. The van der Waals surface area contributed by atoms with Crippen molar-refractivity contribution >= 4 is 6.02 Å². The zero-order chi connectivity index (χ0) is 17.5. The number of methoxy groups -OCH3 is 1. The van der Waals surface area contributed by atoms with E-state index in [0.29, 0.717) is 12.1 Å². The van der Waals surface area contributed by atoms with Crippen molar-refractivity contribution in [2.75, 3.05) is 33.9 Å². The smallest absolute Gasteiger partial charge is 0.435 e. The largest absolute Gasteiger partial charge is 0.439 e. The van der Waals surface area contributed by atoms with Crippen molar-refractivity contribution in [2.24, 2.45) is 5.73 Å². The van der Waals surface area contributed by atoms with Crippen molar-refractivity contribution in [3.8, 4) is 0 Å². The van der Waals surface area contributed by atoms with Gasteiger partial charge in [-0.25, -0.2) is 4.99 Å². The van der Waals surface area contributed by atoms with E-state index in [1.54, 1.807) is 7.11 Å². The van der Waals surface area contributed by atoms with Crippen LogP contribution in [0.4, 0.5) is 0 Å². The Kier molecular flexibility index (Phi) is 11.8. The maximum Gasteiger partial charge on any atom is 0.439 e. The number of rotatable bonds is 13. The third-order valence-corrected chi connectivity index (χ3v) is 4.04. The Bertz CT molecular complexity index is 437. The van der Waals surface area contributed by atoms with Gasteiger partial charge in [-0.3, -0.25) is 5.73 Å². The molecule has 0 aliphatic rings. The van der Waals surface area contributed by atoms with E-state index in [1.807, 2.05) is 7.05 Å². The van der Waals surface area contributed by atoms with Gasteiger partial charge in [-0.15, -0.1) is 0 Å². The zero-order valence-electron chi connectivity index (χ0n) is 15.2. The third-order valence-electron chi connectivity index (χ3n) is 4.04. The molecule has 0 aliphatic heterocycles. The summed E-state index contributed by atoms with van der Waals surface area (Å²) >= 11 is 0. The first-order valence-electron chi connectivity index (χ1n) is 8.95. The molecule has 0 bridgehead atoms. The molecule has 1 aromatic rings. The lowest BCUT2D eigenvalue weighted by atomic mass is 10.1. The van der Waals surface area contributed by atoms with Gasteiger partial charge in [0.1, 0.15) is 0 Å². The second-order valence-corrected chi connectivity index (χ2v) is 6.01. The lowest BCUT2D eigenvalue weighted by Crippen LogP contribution is -2.75. The maximum absolute atomic E-state index is 5.82. The van der Waals surface area contributed by atoms with Crippen LogP contribution in [0.2, 0.25) is 0 Å². The fraction of sp³-hybridized carbons (Fsp3) is 0.632. The number of amidine groups is 1. The summed E-state index contributed by atoms with van der Waals surface area (Å²) in [5.41, 5.74) is 6.86. The highest BCUT2D eigenvalue weighted by Gasteiger charge is 2.07. The molecule has 0 aliphatic carbocycles. The van der Waals surface area contributed by atoms with Crippen LogP contribution in [-0.4, -0.2) is 46.0 Å². The summed E-state index contributed by atoms with van der Waals surface area (Å²) in [4.78, 5) is 3.02. The highest BCUT2D eigenvalue weighted by atomic mass is 16.5. The Labute approximate surface area is 146 Å². The van der Waals surface area contributed by atoms with Gasteiger partial charge < -0.3 is 14.8 Å². The van der Waals surface area contributed by atoms with Gasteiger partial charge in [-0.05, 0) is 38.3 Å². The van der Waals surface area contributed by atoms with Crippen molar-refractivity contribution in [1.29, 1.82) is 0 Å². The van der Waals surface area contributed by atoms with Crippen LogP contribution in [0.3, 0.4) is 0 Å². The average molecular weight is 337 g/mol. The first-order chi connectivity index (χ1) is 11.8. The van der Waals surface area contributed by atoms with Gasteiger partial charge in [0.05, 0.1) is 20.3 Å². The van der Waals surface area contributed by atoms with Gasteiger partial charge in [0.15, 0.2) is 0 Å². The number of nitrogens with one attached hydrogen (secondary N) is 2. The quantitative estimate of drug-likeness (QED) is 0.283. The van der Waals surface area contributed by atoms with Crippen LogP contribution in [0.15, 0.2) is 30.3 Å². The van der Waals surface area contributed by atoms with Gasteiger partial charge in [-0.1, -0.05) is 43.2 Å². The molecule has 0 fully saturated rings. The number of nitrogens with two attached hydrogens (primary N) is 1. The van der Waals surface area contributed by atoms with Crippen LogP contribution in [0, 0.1) is 0 Å². The highest BCUT2D eigenvalue weighted by molar-refractivity contribution is 5.64. The van der Waals surface area contributed by atoms with E-state index in [9.17, 15) is 0 Å². The van der Waals surface area contributed by atoms with E-state index in [4.69, 9.17) is 15.2 Å². The molecule has 0 spiro atoms. The van der Waals surface area contributed by atoms with E-state index in [1.165, 1.54) is 24.8 Å². The molecular formula is C19H34N3O2+. The van der Waals surface area contributed by atoms with E-state index in [-0.39, 0.29) is 0 Å². The lowest BCUT2D eigenvalue weighted by molar-refractivity contribution is -0.468. The van der Waals surface area contributed by atoms with E-state index >= 15 is 0 Å². The van der Waals surface area contributed by atoms with Crippen molar-refractivity contribution in [1.82, 2.24) is 5.32 Å². The summed E-state index contributed by atoms with van der Waals surface area (Å²) in [7, 11) is 3.57. The lowest BCUT2D eigenvalue weighted by Gasteiger charge is -2.16. The Hall–Kier alpha value is -1.59. The molecule has 4 N–H and O–H groups in total. The van der Waals surface area contributed by atoms with Crippen molar-refractivity contribution in [3.05, 3.63) is 35.9 Å². The summed E-state index contributed by atoms with van der Waals surface area (Å²) in [5.74, 6) is 0. The van der Waals surface area contributed by atoms with E-state index in [0.717, 1.165) is 39.0 Å². The van der Waals surface area contributed by atoms with Gasteiger partial charge in [0, 0.05) is 12.6 Å². The molecule has 1 atom stereocenters. The third kappa shape index (κ3) is 10.2. The number of hydrogen-bond acceptors (Lipinski definition) is 3. The maximum atomic E-state index is 5.82. The van der Waals surface area contributed by atoms with E-state index in [2.05, 4.69) is 40.6 Å². The summed E-state index contributed by atoms with van der Waals surface area (Å²) in [5, 5.41) is 3.34. The van der Waals surface area contributed by atoms with Crippen molar-refractivity contribution < 1.29 is 14.5 Å². The molecule has 0 radical (unpaired) electrons. The first-order valence-corrected chi connectivity index (χ1v) is 8.95. The molecule has 0 amide bonds. The molecule has 1 unspecified atom stereocenters. The van der Waals surface area contributed by atoms with Gasteiger partial charge in [0.2, 0.25) is 0 Å². The van der Waals surface area contributed by atoms with Gasteiger partial charge in [0.25, 0.3) is 0 Å². The minimum absolute atomic E-state index is 0.376. The highest BCUT2D eigenvalue weighted by Crippen LogP contribution is 2.05. The molecule has 5 heteroatoms. The molecule has 136 valence electrons. The first kappa shape index (κ1) is 20.5.